The van der Waals surface area contributed by atoms with Gasteiger partial charge in [-0.05, 0) is 30.2 Å². The van der Waals surface area contributed by atoms with Crippen molar-refractivity contribution in [1.29, 1.82) is 5.26 Å². The van der Waals surface area contributed by atoms with E-state index in [4.69, 9.17) is 9.57 Å². The minimum absolute atomic E-state index is 0.190. The summed E-state index contributed by atoms with van der Waals surface area (Å²) in [5.41, 5.74) is 4.86. The van der Waals surface area contributed by atoms with Gasteiger partial charge in [-0.15, -0.1) is 0 Å². The Hall–Kier alpha value is -3.59. The van der Waals surface area contributed by atoms with Crippen LogP contribution in [0.2, 0.25) is 0 Å². The summed E-state index contributed by atoms with van der Waals surface area (Å²) in [5.74, 6) is 0.746. The maximum atomic E-state index is 10.7. The van der Waals surface area contributed by atoms with Crippen LogP contribution in [-0.2, 0) is 17.9 Å². The standard InChI is InChI=1S/C28H25N3O2/c1-19-21-12-6-8-14-23(21)30-18-28(17-29)26(25(19)30)31(16-20-10-4-3-5-11-20)33-27(28)22-13-7-9-15-24(22)32-2/h3-15,26-27H,16,18H2,1-2H3/t26-,27-,28+/m1/s1. The molecule has 5 nitrogen and oxygen atoms in total. The van der Waals surface area contributed by atoms with Crippen molar-refractivity contribution >= 4 is 10.9 Å². The number of nitrogens with zero attached hydrogens (tertiary/aromatic N) is 3. The molecule has 3 heterocycles. The van der Waals surface area contributed by atoms with Crippen molar-refractivity contribution in [3.05, 3.63) is 101 Å². The number of aromatic nitrogens is 1. The van der Waals surface area contributed by atoms with Gasteiger partial charge in [0.1, 0.15) is 17.3 Å². The van der Waals surface area contributed by atoms with E-state index in [1.807, 2.05) is 47.5 Å². The molecule has 1 aromatic heterocycles. The van der Waals surface area contributed by atoms with E-state index in [0.29, 0.717) is 13.1 Å². The maximum Gasteiger partial charge on any atom is 0.131 e. The van der Waals surface area contributed by atoms with Crippen LogP contribution in [0.1, 0.15) is 34.5 Å². The average molecular weight is 436 g/mol. The topological polar surface area (TPSA) is 50.4 Å². The molecule has 3 aromatic carbocycles. The quantitative estimate of drug-likeness (QED) is 0.412. The highest BCUT2D eigenvalue weighted by atomic mass is 16.7. The van der Waals surface area contributed by atoms with Crippen molar-refractivity contribution in [3.63, 3.8) is 0 Å². The summed E-state index contributed by atoms with van der Waals surface area (Å²) in [7, 11) is 1.67. The molecule has 33 heavy (non-hydrogen) atoms. The lowest BCUT2D eigenvalue weighted by Gasteiger charge is -2.26. The second kappa shape index (κ2) is 7.48. The molecule has 0 aliphatic carbocycles. The number of para-hydroxylation sites is 2. The van der Waals surface area contributed by atoms with Crippen molar-refractivity contribution in [3.8, 4) is 11.8 Å². The van der Waals surface area contributed by atoms with Crippen LogP contribution in [0, 0.1) is 23.7 Å². The van der Waals surface area contributed by atoms with Gasteiger partial charge in [0.15, 0.2) is 0 Å². The Balaban J connectivity index is 1.56. The maximum absolute atomic E-state index is 10.7. The minimum Gasteiger partial charge on any atom is -0.496 e. The van der Waals surface area contributed by atoms with Crippen LogP contribution in [0.5, 0.6) is 5.75 Å². The number of aryl methyl sites for hydroxylation is 1. The van der Waals surface area contributed by atoms with Crippen LogP contribution in [0.3, 0.4) is 0 Å². The van der Waals surface area contributed by atoms with Crippen molar-refractivity contribution in [1.82, 2.24) is 9.63 Å². The smallest absolute Gasteiger partial charge is 0.131 e. The van der Waals surface area contributed by atoms with Crippen molar-refractivity contribution in [2.45, 2.75) is 32.2 Å². The highest BCUT2D eigenvalue weighted by molar-refractivity contribution is 5.86. The van der Waals surface area contributed by atoms with Crippen LogP contribution in [0.4, 0.5) is 0 Å². The van der Waals surface area contributed by atoms with Gasteiger partial charge >= 0.3 is 0 Å². The zero-order chi connectivity index (χ0) is 22.6. The summed E-state index contributed by atoms with van der Waals surface area (Å²) in [6.07, 6.45) is -0.439. The molecule has 2 aliphatic heterocycles. The summed E-state index contributed by atoms with van der Waals surface area (Å²) in [6.45, 7) is 3.34. The monoisotopic (exact) mass is 435 g/mol. The molecule has 164 valence electrons. The van der Waals surface area contributed by atoms with E-state index in [1.54, 1.807) is 7.11 Å². The van der Waals surface area contributed by atoms with Crippen molar-refractivity contribution < 1.29 is 9.57 Å². The molecule has 0 saturated carbocycles. The third-order valence-electron chi connectivity index (χ3n) is 7.25. The van der Waals surface area contributed by atoms with E-state index in [2.05, 4.69) is 54.0 Å². The summed E-state index contributed by atoms with van der Waals surface area (Å²) in [5, 5.41) is 14.0. The van der Waals surface area contributed by atoms with Crippen molar-refractivity contribution in [2.24, 2.45) is 5.41 Å². The Bertz CT molecular complexity index is 1390. The largest absolute Gasteiger partial charge is 0.496 e. The highest BCUT2D eigenvalue weighted by Crippen LogP contribution is 2.62. The lowest BCUT2D eigenvalue weighted by atomic mass is 9.75. The molecular weight excluding hydrogens is 410 g/mol. The Morgan fingerprint density at radius 2 is 1.76 bits per heavy atom. The molecule has 0 amide bonds. The molecule has 2 aliphatic rings. The zero-order valence-electron chi connectivity index (χ0n) is 18.7. The van der Waals surface area contributed by atoms with E-state index in [1.165, 1.54) is 22.2 Å². The molecule has 0 radical (unpaired) electrons. The Kier molecular flexibility index (Phi) is 4.55. The van der Waals surface area contributed by atoms with Crippen LogP contribution in [-0.4, -0.2) is 16.7 Å². The van der Waals surface area contributed by atoms with E-state index >= 15 is 0 Å². The number of fused-ring (bicyclic) bond motifs is 5. The molecule has 0 unspecified atom stereocenters. The van der Waals surface area contributed by atoms with Gasteiger partial charge in [0.25, 0.3) is 0 Å². The third-order valence-corrected chi connectivity index (χ3v) is 7.25. The number of hydroxylamine groups is 2. The van der Waals surface area contributed by atoms with E-state index < -0.39 is 11.5 Å². The number of nitriles is 1. The molecule has 0 bridgehead atoms. The summed E-state index contributed by atoms with van der Waals surface area (Å²) < 4.78 is 8.02. The lowest BCUT2D eigenvalue weighted by Crippen LogP contribution is -2.30. The minimum atomic E-state index is -0.770. The molecule has 6 rings (SSSR count). The fourth-order valence-electron chi connectivity index (χ4n) is 5.79. The van der Waals surface area contributed by atoms with Crippen LogP contribution >= 0.6 is 0 Å². The zero-order valence-corrected chi connectivity index (χ0v) is 18.7. The van der Waals surface area contributed by atoms with E-state index in [-0.39, 0.29) is 6.04 Å². The normalized spacial score (nSPS) is 23.9. The number of benzene rings is 3. The molecule has 1 saturated heterocycles. The summed E-state index contributed by atoms with van der Waals surface area (Å²) in [6, 6.07) is 29.2. The number of methoxy groups -OCH3 is 1. The fraction of sp³-hybridized carbons (Fsp3) is 0.250. The molecule has 3 atom stereocenters. The fourth-order valence-corrected chi connectivity index (χ4v) is 5.79. The predicted molar refractivity (Wildman–Crippen MR) is 126 cm³/mol. The first-order chi connectivity index (χ1) is 16.2. The number of rotatable bonds is 4. The third kappa shape index (κ3) is 2.78. The van der Waals surface area contributed by atoms with Gasteiger partial charge in [-0.25, -0.2) is 0 Å². The molecule has 0 spiro atoms. The second-order valence-electron chi connectivity index (χ2n) is 8.96. The molecule has 0 N–H and O–H groups in total. The average Bonchev–Trinajstić information content (AvgIpc) is 3.46. The first-order valence-electron chi connectivity index (χ1n) is 11.3. The molecule has 5 heteroatoms. The van der Waals surface area contributed by atoms with Gasteiger partial charge in [-0.1, -0.05) is 66.7 Å². The molecule has 4 aromatic rings. The van der Waals surface area contributed by atoms with Gasteiger partial charge in [0.05, 0.1) is 19.2 Å². The van der Waals surface area contributed by atoms with E-state index in [0.717, 1.165) is 16.9 Å². The van der Waals surface area contributed by atoms with E-state index in [9.17, 15) is 5.26 Å². The molecular formula is C28H25N3O2. The molecule has 1 fully saturated rings. The van der Waals surface area contributed by atoms with Crippen LogP contribution < -0.4 is 4.74 Å². The summed E-state index contributed by atoms with van der Waals surface area (Å²) >= 11 is 0. The Morgan fingerprint density at radius 1 is 1.03 bits per heavy atom. The summed E-state index contributed by atoms with van der Waals surface area (Å²) in [4.78, 5) is 6.68. The van der Waals surface area contributed by atoms with Crippen LogP contribution in [0.25, 0.3) is 10.9 Å². The van der Waals surface area contributed by atoms with Crippen molar-refractivity contribution in [2.75, 3.05) is 7.11 Å². The van der Waals surface area contributed by atoms with Gasteiger partial charge in [-0.2, -0.15) is 10.3 Å². The lowest BCUT2D eigenvalue weighted by molar-refractivity contribution is -0.175. The predicted octanol–water partition coefficient (Wildman–Crippen LogP) is 5.71. The van der Waals surface area contributed by atoms with Crippen LogP contribution in [0.15, 0.2) is 78.9 Å². The Labute approximate surface area is 193 Å². The Morgan fingerprint density at radius 3 is 2.55 bits per heavy atom. The number of hydrogen-bond donors (Lipinski definition) is 0. The second-order valence-corrected chi connectivity index (χ2v) is 8.96. The number of hydrogen-bond acceptors (Lipinski definition) is 4. The SMILES string of the molecule is COc1ccccc1[C@H]1ON(Cc2ccccc2)[C@@H]2c3c(C)c4ccccc4n3C[C@]12C#N. The first kappa shape index (κ1) is 20.0. The number of ether oxygens (including phenoxy) is 1. The van der Waals surface area contributed by atoms with Gasteiger partial charge in [0.2, 0.25) is 0 Å². The van der Waals surface area contributed by atoms with Gasteiger partial charge in [0, 0.05) is 35.2 Å². The highest BCUT2D eigenvalue weighted by Gasteiger charge is 2.63. The van der Waals surface area contributed by atoms with Gasteiger partial charge in [-0.3, -0.25) is 4.84 Å². The first-order valence-corrected chi connectivity index (χ1v) is 11.3. The van der Waals surface area contributed by atoms with Gasteiger partial charge < -0.3 is 9.30 Å².